The molecule has 2 aromatic rings. The molecule has 0 saturated carbocycles. The maximum atomic E-state index is 12.3. The molecule has 2 heterocycles. The van der Waals surface area contributed by atoms with Crippen LogP contribution in [0.25, 0.3) is 5.69 Å². The Balaban J connectivity index is 1.95. The van der Waals surface area contributed by atoms with Crippen LogP contribution in [0, 0.1) is 0 Å². The second kappa shape index (κ2) is 6.91. The Morgan fingerprint density at radius 3 is 2.54 bits per heavy atom. The number of nitrogens with one attached hydrogen (secondary N) is 2. The molecule has 2 amide bonds. The van der Waals surface area contributed by atoms with Gasteiger partial charge in [0.25, 0.3) is 0 Å². The predicted octanol–water partition coefficient (Wildman–Crippen LogP) is 1.15. The number of carbonyl (C=O) groups excluding carboxylic acids is 2. The predicted molar refractivity (Wildman–Crippen MR) is 96.4 cm³/mol. The van der Waals surface area contributed by atoms with E-state index >= 15 is 0 Å². The second-order valence-electron chi connectivity index (χ2n) is 6.29. The summed E-state index contributed by atoms with van der Waals surface area (Å²) in [6, 6.07) is 8.87. The highest BCUT2D eigenvalue weighted by atomic mass is 32.2. The van der Waals surface area contributed by atoms with E-state index in [0.29, 0.717) is 23.4 Å². The molecule has 3 rings (SSSR count). The minimum atomic E-state index is -3.29. The Kier molecular flexibility index (Phi) is 4.82. The molecule has 8 nitrogen and oxygen atoms in total. The van der Waals surface area contributed by atoms with Gasteiger partial charge >= 0.3 is 11.8 Å². The van der Waals surface area contributed by atoms with Crippen molar-refractivity contribution in [2.24, 2.45) is 0 Å². The number of nitrogens with zero attached hydrogens (tertiary/aromatic N) is 2. The highest BCUT2D eigenvalue weighted by Gasteiger charge is 2.33. The van der Waals surface area contributed by atoms with E-state index in [4.69, 9.17) is 0 Å². The van der Waals surface area contributed by atoms with Crippen LogP contribution in [0.3, 0.4) is 0 Å². The number of rotatable bonds is 4. The lowest BCUT2D eigenvalue weighted by Gasteiger charge is -2.13. The summed E-state index contributed by atoms with van der Waals surface area (Å²) in [6.45, 7) is 3.69. The third-order valence-corrected chi connectivity index (χ3v) is 5.66. The number of carbonyl (C=O) groups is 2. The molecule has 0 spiro atoms. The normalized spacial score (nSPS) is 15.9. The summed E-state index contributed by atoms with van der Waals surface area (Å²) in [6.07, 6.45) is 0.689. The van der Waals surface area contributed by atoms with Gasteiger partial charge in [-0.05, 0) is 25.5 Å². The minimum absolute atomic E-state index is 0.140. The Labute approximate surface area is 151 Å². The van der Waals surface area contributed by atoms with E-state index in [1.807, 2.05) is 13.0 Å². The summed E-state index contributed by atoms with van der Waals surface area (Å²) in [4.78, 5) is 24.3. The van der Waals surface area contributed by atoms with Gasteiger partial charge in [0, 0.05) is 11.6 Å². The summed E-state index contributed by atoms with van der Waals surface area (Å²) in [7, 11) is -3.29. The monoisotopic (exact) mass is 376 g/mol. The summed E-state index contributed by atoms with van der Waals surface area (Å²) >= 11 is 0. The zero-order valence-electron chi connectivity index (χ0n) is 14.5. The average molecular weight is 376 g/mol. The average Bonchev–Trinajstić information content (AvgIpc) is 3.08. The molecule has 0 bridgehead atoms. The van der Waals surface area contributed by atoms with Gasteiger partial charge in [-0.15, -0.1) is 0 Å². The molecular formula is C17H20N4O4S. The Bertz CT molecular complexity index is 951. The molecule has 0 aliphatic carbocycles. The van der Waals surface area contributed by atoms with Crippen molar-refractivity contribution >= 4 is 27.5 Å². The number of anilines is 1. The number of benzene rings is 1. The van der Waals surface area contributed by atoms with E-state index in [1.54, 1.807) is 31.2 Å². The van der Waals surface area contributed by atoms with Crippen molar-refractivity contribution in [1.29, 1.82) is 0 Å². The molecule has 1 aliphatic rings. The lowest BCUT2D eigenvalue weighted by molar-refractivity contribution is -0.136. The van der Waals surface area contributed by atoms with Gasteiger partial charge in [-0.25, -0.2) is 13.1 Å². The first kappa shape index (κ1) is 18.1. The Morgan fingerprint density at radius 1 is 1.19 bits per heavy atom. The Hall–Kier alpha value is -2.68. The highest BCUT2D eigenvalue weighted by molar-refractivity contribution is 7.90. The van der Waals surface area contributed by atoms with Crippen molar-refractivity contribution in [3.63, 3.8) is 0 Å². The first-order valence-electron chi connectivity index (χ1n) is 8.29. The molecule has 1 aromatic carbocycles. The summed E-state index contributed by atoms with van der Waals surface area (Å²) in [5.74, 6) is -1.79. The first-order valence-corrected chi connectivity index (χ1v) is 10.1. The van der Waals surface area contributed by atoms with Crippen LogP contribution in [-0.4, -0.2) is 36.1 Å². The SMILES string of the molecule is CC[C@H](C)NC(=O)C(=O)Nc1c2c(nn1-c1ccccc1)CS(=O)(=O)C2. The fraction of sp³-hybridized carbons (Fsp3) is 0.353. The number of amides is 2. The molecule has 0 radical (unpaired) electrons. The van der Waals surface area contributed by atoms with E-state index in [2.05, 4.69) is 15.7 Å². The van der Waals surface area contributed by atoms with E-state index in [0.717, 1.165) is 0 Å². The van der Waals surface area contributed by atoms with Crippen LogP contribution in [0.15, 0.2) is 30.3 Å². The third kappa shape index (κ3) is 3.62. The molecule has 138 valence electrons. The smallest absolute Gasteiger partial charge is 0.314 e. The quantitative estimate of drug-likeness (QED) is 0.778. The second-order valence-corrected chi connectivity index (χ2v) is 8.35. The van der Waals surface area contributed by atoms with E-state index < -0.39 is 21.7 Å². The van der Waals surface area contributed by atoms with Crippen LogP contribution in [-0.2, 0) is 30.9 Å². The lowest BCUT2D eigenvalue weighted by atomic mass is 10.2. The molecule has 0 fully saturated rings. The van der Waals surface area contributed by atoms with Crippen LogP contribution in [0.5, 0.6) is 0 Å². The number of hydrogen-bond acceptors (Lipinski definition) is 5. The van der Waals surface area contributed by atoms with E-state index in [1.165, 1.54) is 4.68 Å². The summed E-state index contributed by atoms with van der Waals surface area (Å²) < 4.78 is 25.3. The minimum Gasteiger partial charge on any atom is -0.345 e. The molecule has 2 N–H and O–H groups in total. The van der Waals surface area contributed by atoms with Crippen molar-refractivity contribution in [2.45, 2.75) is 37.8 Å². The molecular weight excluding hydrogens is 356 g/mol. The van der Waals surface area contributed by atoms with Gasteiger partial charge in [0.2, 0.25) is 0 Å². The van der Waals surface area contributed by atoms with Crippen LogP contribution in [0.2, 0.25) is 0 Å². The maximum absolute atomic E-state index is 12.3. The summed E-state index contributed by atoms with van der Waals surface area (Å²) in [5.41, 5.74) is 1.49. The standard InChI is InChI=1S/C17H20N4O4S/c1-3-11(2)18-16(22)17(23)19-15-13-9-26(24,25)10-14(13)20-21(15)12-7-5-4-6-8-12/h4-8,11H,3,9-10H2,1-2H3,(H,18,22)(H,19,23)/t11-/m0/s1. The van der Waals surface area contributed by atoms with Gasteiger partial charge in [-0.2, -0.15) is 5.10 Å². The highest BCUT2D eigenvalue weighted by Crippen LogP contribution is 2.32. The van der Waals surface area contributed by atoms with Crippen molar-refractivity contribution in [3.05, 3.63) is 41.6 Å². The fourth-order valence-electron chi connectivity index (χ4n) is 2.68. The molecule has 1 aliphatic heterocycles. The molecule has 0 unspecified atom stereocenters. The number of fused-ring (bicyclic) bond motifs is 1. The number of para-hydroxylation sites is 1. The number of hydrogen-bond donors (Lipinski definition) is 2. The maximum Gasteiger partial charge on any atom is 0.314 e. The number of aromatic nitrogens is 2. The zero-order valence-corrected chi connectivity index (χ0v) is 15.3. The Morgan fingerprint density at radius 2 is 1.88 bits per heavy atom. The van der Waals surface area contributed by atoms with Gasteiger partial charge in [-0.1, -0.05) is 25.1 Å². The van der Waals surface area contributed by atoms with Gasteiger partial charge in [0.1, 0.15) is 5.82 Å². The molecule has 1 atom stereocenters. The first-order chi connectivity index (χ1) is 12.3. The van der Waals surface area contributed by atoms with Crippen LogP contribution >= 0.6 is 0 Å². The van der Waals surface area contributed by atoms with Gasteiger partial charge in [0.05, 0.1) is 22.9 Å². The van der Waals surface area contributed by atoms with Crippen molar-refractivity contribution in [1.82, 2.24) is 15.1 Å². The van der Waals surface area contributed by atoms with E-state index in [-0.39, 0.29) is 23.4 Å². The molecule has 26 heavy (non-hydrogen) atoms. The van der Waals surface area contributed by atoms with E-state index in [9.17, 15) is 18.0 Å². The summed E-state index contributed by atoms with van der Waals surface area (Å²) in [5, 5.41) is 9.46. The molecule has 9 heteroatoms. The van der Waals surface area contributed by atoms with Gasteiger partial charge in [-0.3, -0.25) is 9.59 Å². The van der Waals surface area contributed by atoms with Crippen LogP contribution in [0.4, 0.5) is 5.82 Å². The van der Waals surface area contributed by atoms with Gasteiger partial charge < -0.3 is 10.6 Å². The largest absolute Gasteiger partial charge is 0.345 e. The molecule has 0 saturated heterocycles. The van der Waals surface area contributed by atoms with Crippen molar-refractivity contribution in [2.75, 3.05) is 5.32 Å². The fourth-order valence-corrected chi connectivity index (χ4v) is 4.18. The third-order valence-electron chi connectivity index (χ3n) is 4.22. The molecule has 1 aromatic heterocycles. The van der Waals surface area contributed by atoms with Gasteiger partial charge in [0.15, 0.2) is 9.84 Å². The lowest BCUT2D eigenvalue weighted by Crippen LogP contribution is -2.40. The van der Waals surface area contributed by atoms with Crippen molar-refractivity contribution < 1.29 is 18.0 Å². The number of sulfone groups is 1. The topological polar surface area (TPSA) is 110 Å². The van der Waals surface area contributed by atoms with Crippen molar-refractivity contribution in [3.8, 4) is 5.69 Å². The van der Waals surface area contributed by atoms with Crippen LogP contribution < -0.4 is 10.6 Å². The van der Waals surface area contributed by atoms with Crippen LogP contribution in [0.1, 0.15) is 31.5 Å². The zero-order chi connectivity index (χ0) is 18.9.